The molecule has 3 heterocycles. The van der Waals surface area contributed by atoms with Crippen LogP contribution in [0.3, 0.4) is 0 Å². The van der Waals surface area contributed by atoms with Crippen molar-refractivity contribution in [2.45, 2.75) is 25.8 Å². The molecule has 24 heavy (non-hydrogen) atoms. The molecule has 3 rings (SSSR count). The molecule has 0 aromatic carbocycles. The Hall–Kier alpha value is -2.47. The number of aryl methyl sites for hydroxylation is 1. The third-order valence-corrected chi connectivity index (χ3v) is 4.21. The predicted octanol–water partition coefficient (Wildman–Crippen LogP) is 2.84. The van der Waals surface area contributed by atoms with Crippen molar-refractivity contribution in [3.05, 3.63) is 47.8 Å². The summed E-state index contributed by atoms with van der Waals surface area (Å²) in [5, 5.41) is 3.25. The first-order chi connectivity index (χ1) is 11.7. The van der Waals surface area contributed by atoms with E-state index >= 15 is 0 Å². The van der Waals surface area contributed by atoms with Crippen LogP contribution in [-0.4, -0.2) is 41.0 Å². The van der Waals surface area contributed by atoms with Crippen LogP contribution in [0.15, 0.2) is 36.5 Å². The lowest BCUT2D eigenvalue weighted by atomic mass is 10.1. The van der Waals surface area contributed by atoms with Crippen molar-refractivity contribution in [1.29, 1.82) is 0 Å². The monoisotopic (exact) mass is 326 g/mol. The Morgan fingerprint density at radius 3 is 3.04 bits per heavy atom. The number of aromatic nitrogens is 2. The molecule has 1 amide bonds. The zero-order valence-electron chi connectivity index (χ0n) is 14.0. The molecule has 0 bridgehead atoms. The van der Waals surface area contributed by atoms with Gasteiger partial charge in [-0.3, -0.25) is 4.79 Å². The number of amides is 1. The van der Waals surface area contributed by atoms with Crippen molar-refractivity contribution < 1.29 is 9.53 Å². The van der Waals surface area contributed by atoms with Crippen LogP contribution in [0.1, 0.15) is 30.1 Å². The highest BCUT2D eigenvalue weighted by Gasteiger charge is 2.30. The zero-order valence-corrected chi connectivity index (χ0v) is 14.0. The average molecular weight is 326 g/mol. The first kappa shape index (κ1) is 16.4. The number of carbonyl (C=O) groups excluding carboxylic acids is 1. The van der Waals surface area contributed by atoms with Gasteiger partial charge in [-0.05, 0) is 43.5 Å². The molecular weight excluding hydrogens is 304 g/mol. The first-order valence-corrected chi connectivity index (χ1v) is 8.13. The zero-order chi connectivity index (χ0) is 16.9. The van der Waals surface area contributed by atoms with E-state index in [0.717, 1.165) is 42.3 Å². The number of methoxy groups -OCH3 is 1. The van der Waals surface area contributed by atoms with Gasteiger partial charge in [-0.2, -0.15) is 0 Å². The van der Waals surface area contributed by atoms with Gasteiger partial charge in [-0.1, -0.05) is 12.1 Å². The Morgan fingerprint density at radius 2 is 2.25 bits per heavy atom. The minimum absolute atomic E-state index is 0.0132. The van der Waals surface area contributed by atoms with Crippen molar-refractivity contribution in [3.8, 4) is 0 Å². The third-order valence-electron chi connectivity index (χ3n) is 4.21. The normalized spacial score (nSPS) is 17.1. The average Bonchev–Trinajstić information content (AvgIpc) is 3.07. The number of nitrogens with zero attached hydrogens (tertiary/aromatic N) is 3. The smallest absolute Gasteiger partial charge is 0.249 e. The molecule has 126 valence electrons. The van der Waals surface area contributed by atoms with E-state index in [1.165, 1.54) is 0 Å². The Balaban J connectivity index is 1.80. The quantitative estimate of drug-likeness (QED) is 0.915. The summed E-state index contributed by atoms with van der Waals surface area (Å²) in [5.41, 5.74) is 1.96. The van der Waals surface area contributed by atoms with Gasteiger partial charge in [-0.25, -0.2) is 9.97 Å². The van der Waals surface area contributed by atoms with Crippen LogP contribution >= 0.6 is 0 Å². The molecule has 6 nitrogen and oxygen atoms in total. The van der Waals surface area contributed by atoms with Gasteiger partial charge in [-0.15, -0.1) is 0 Å². The molecule has 2 aromatic heterocycles. The van der Waals surface area contributed by atoms with Crippen molar-refractivity contribution >= 4 is 17.5 Å². The van der Waals surface area contributed by atoms with Gasteiger partial charge >= 0.3 is 0 Å². The number of hydrogen-bond acceptors (Lipinski definition) is 5. The lowest BCUT2D eigenvalue weighted by molar-refractivity contribution is -0.136. The summed E-state index contributed by atoms with van der Waals surface area (Å²) in [6.45, 7) is 2.87. The summed E-state index contributed by atoms with van der Waals surface area (Å²) < 4.78 is 4.98. The number of anilines is 2. The van der Waals surface area contributed by atoms with Gasteiger partial charge in [0.05, 0.1) is 11.7 Å². The molecule has 0 aliphatic carbocycles. The SMILES string of the molecule is COCC(=O)N1CCC[C@H]1c1cccc(Nc2ncccc2C)n1. The number of likely N-dealkylation sites (tertiary alicyclic amines) is 1. The van der Waals surface area contributed by atoms with Gasteiger partial charge in [0.2, 0.25) is 5.91 Å². The van der Waals surface area contributed by atoms with Crippen LogP contribution in [0.2, 0.25) is 0 Å². The van der Waals surface area contributed by atoms with E-state index in [9.17, 15) is 4.79 Å². The molecule has 1 saturated heterocycles. The topological polar surface area (TPSA) is 67.3 Å². The Kier molecular flexibility index (Phi) is 5.05. The molecule has 0 unspecified atom stereocenters. The summed E-state index contributed by atoms with van der Waals surface area (Å²) in [6.07, 6.45) is 3.66. The second-order valence-corrected chi connectivity index (χ2v) is 5.92. The number of hydrogen-bond donors (Lipinski definition) is 1. The molecule has 1 atom stereocenters. The Bertz CT molecular complexity index is 720. The minimum atomic E-state index is 0.0132. The van der Waals surface area contributed by atoms with E-state index in [1.807, 2.05) is 42.2 Å². The molecular formula is C18H22N4O2. The van der Waals surface area contributed by atoms with Gasteiger partial charge < -0.3 is 15.0 Å². The lowest BCUT2D eigenvalue weighted by Gasteiger charge is -2.24. The van der Waals surface area contributed by atoms with Crippen molar-refractivity contribution in [2.75, 3.05) is 25.6 Å². The molecule has 1 aliphatic heterocycles. The van der Waals surface area contributed by atoms with Crippen LogP contribution < -0.4 is 5.32 Å². The van der Waals surface area contributed by atoms with Crippen molar-refractivity contribution in [3.63, 3.8) is 0 Å². The number of rotatable bonds is 5. The fourth-order valence-electron chi connectivity index (χ4n) is 3.02. The third kappa shape index (κ3) is 3.54. The lowest BCUT2D eigenvalue weighted by Crippen LogP contribution is -2.33. The van der Waals surface area contributed by atoms with E-state index in [2.05, 4.69) is 10.3 Å². The summed E-state index contributed by atoms with van der Waals surface area (Å²) >= 11 is 0. The van der Waals surface area contributed by atoms with Crippen LogP contribution in [0.4, 0.5) is 11.6 Å². The van der Waals surface area contributed by atoms with E-state index in [-0.39, 0.29) is 18.6 Å². The van der Waals surface area contributed by atoms with Crippen LogP contribution in [0, 0.1) is 6.92 Å². The number of carbonyl (C=O) groups is 1. The molecule has 0 radical (unpaired) electrons. The predicted molar refractivity (Wildman–Crippen MR) is 92.1 cm³/mol. The maximum absolute atomic E-state index is 12.2. The molecule has 0 saturated carbocycles. The van der Waals surface area contributed by atoms with Crippen LogP contribution in [-0.2, 0) is 9.53 Å². The molecule has 1 N–H and O–H groups in total. The van der Waals surface area contributed by atoms with Gasteiger partial charge in [0.1, 0.15) is 18.2 Å². The van der Waals surface area contributed by atoms with Crippen LogP contribution in [0.25, 0.3) is 0 Å². The van der Waals surface area contributed by atoms with Crippen molar-refractivity contribution in [2.24, 2.45) is 0 Å². The minimum Gasteiger partial charge on any atom is -0.375 e. The molecule has 0 spiro atoms. The highest BCUT2D eigenvalue weighted by molar-refractivity contribution is 5.78. The Morgan fingerprint density at radius 1 is 1.38 bits per heavy atom. The Labute approximate surface area is 141 Å². The fourth-order valence-corrected chi connectivity index (χ4v) is 3.02. The fraction of sp³-hybridized carbons (Fsp3) is 0.389. The summed E-state index contributed by atoms with van der Waals surface area (Å²) in [7, 11) is 1.54. The largest absolute Gasteiger partial charge is 0.375 e. The standard InChI is InChI=1S/C18H22N4O2/c1-13-6-4-10-19-18(13)21-16-9-3-7-14(20-16)15-8-5-11-22(15)17(23)12-24-2/h3-4,6-7,9-10,15H,5,8,11-12H2,1-2H3,(H,19,20,21)/t15-/m0/s1. The van der Waals surface area contributed by atoms with E-state index < -0.39 is 0 Å². The second kappa shape index (κ2) is 7.40. The van der Waals surface area contributed by atoms with E-state index in [4.69, 9.17) is 9.72 Å². The summed E-state index contributed by atoms with van der Waals surface area (Å²) in [4.78, 5) is 23.1. The summed E-state index contributed by atoms with van der Waals surface area (Å²) in [6, 6.07) is 9.76. The highest BCUT2D eigenvalue weighted by Crippen LogP contribution is 2.31. The number of pyridine rings is 2. The van der Waals surface area contributed by atoms with E-state index in [1.54, 1.807) is 13.3 Å². The van der Waals surface area contributed by atoms with Crippen LogP contribution in [0.5, 0.6) is 0 Å². The maximum Gasteiger partial charge on any atom is 0.249 e. The molecule has 2 aromatic rings. The molecule has 6 heteroatoms. The molecule has 1 aliphatic rings. The van der Waals surface area contributed by atoms with E-state index in [0.29, 0.717) is 0 Å². The van der Waals surface area contributed by atoms with Gasteiger partial charge in [0, 0.05) is 19.9 Å². The van der Waals surface area contributed by atoms with Gasteiger partial charge in [0.15, 0.2) is 0 Å². The van der Waals surface area contributed by atoms with Crippen molar-refractivity contribution in [1.82, 2.24) is 14.9 Å². The highest BCUT2D eigenvalue weighted by atomic mass is 16.5. The second-order valence-electron chi connectivity index (χ2n) is 5.92. The molecule has 1 fully saturated rings. The summed E-state index contributed by atoms with van der Waals surface area (Å²) in [5.74, 6) is 1.54. The first-order valence-electron chi connectivity index (χ1n) is 8.13. The number of ether oxygens (including phenoxy) is 1. The number of nitrogens with one attached hydrogen (secondary N) is 1. The maximum atomic E-state index is 12.2. The van der Waals surface area contributed by atoms with Gasteiger partial charge in [0.25, 0.3) is 0 Å².